The second-order valence-corrected chi connectivity index (χ2v) is 8.22. The number of Topliss-reactive ketones (excluding diaryl/α,β-unsaturated/α-hetero) is 1. The first-order valence-electron chi connectivity index (χ1n) is 9.40. The Bertz CT molecular complexity index is 875. The SMILES string of the molecule is CCO[C@]1(C)C(=O)[C@@H](Br)[C@H]1N1C(=O)O[C@@H](c2ccccc2)[C@H]1c1ccccc1. The van der Waals surface area contributed by atoms with Gasteiger partial charge in [-0.3, -0.25) is 9.69 Å². The zero-order valence-electron chi connectivity index (χ0n) is 15.7. The summed E-state index contributed by atoms with van der Waals surface area (Å²) in [6, 6.07) is 18.7. The predicted molar refractivity (Wildman–Crippen MR) is 108 cm³/mol. The van der Waals surface area contributed by atoms with Crippen molar-refractivity contribution in [3.63, 3.8) is 0 Å². The molecule has 2 aromatic carbocycles. The lowest BCUT2D eigenvalue weighted by molar-refractivity contribution is -0.170. The van der Waals surface area contributed by atoms with E-state index in [9.17, 15) is 9.59 Å². The highest BCUT2D eigenvalue weighted by atomic mass is 79.9. The van der Waals surface area contributed by atoms with Crippen molar-refractivity contribution >= 4 is 27.8 Å². The van der Waals surface area contributed by atoms with Crippen LogP contribution in [0.5, 0.6) is 0 Å². The molecule has 1 heterocycles. The van der Waals surface area contributed by atoms with Crippen LogP contribution >= 0.6 is 15.9 Å². The number of carbonyl (C=O) groups excluding carboxylic acids is 2. The highest BCUT2D eigenvalue weighted by Crippen LogP contribution is 2.51. The third kappa shape index (κ3) is 2.86. The summed E-state index contributed by atoms with van der Waals surface area (Å²) in [6.07, 6.45) is -0.895. The maximum Gasteiger partial charge on any atom is 0.411 e. The van der Waals surface area contributed by atoms with Crippen molar-refractivity contribution in [2.24, 2.45) is 0 Å². The van der Waals surface area contributed by atoms with Crippen LogP contribution in [0.2, 0.25) is 0 Å². The highest BCUT2D eigenvalue weighted by Gasteiger charge is 2.66. The largest absolute Gasteiger partial charge is 0.439 e. The minimum absolute atomic E-state index is 0.0536. The molecule has 1 aliphatic carbocycles. The number of halogens is 1. The molecule has 5 atom stereocenters. The number of carbonyl (C=O) groups is 2. The smallest absolute Gasteiger partial charge is 0.411 e. The quantitative estimate of drug-likeness (QED) is 0.641. The Morgan fingerprint density at radius 1 is 1.04 bits per heavy atom. The molecule has 0 bridgehead atoms. The van der Waals surface area contributed by atoms with E-state index in [1.165, 1.54) is 0 Å². The third-order valence-electron chi connectivity index (χ3n) is 5.62. The first-order valence-corrected chi connectivity index (χ1v) is 10.3. The van der Waals surface area contributed by atoms with E-state index < -0.39 is 28.7 Å². The van der Waals surface area contributed by atoms with E-state index in [1.807, 2.05) is 67.6 Å². The van der Waals surface area contributed by atoms with Crippen molar-refractivity contribution in [3.8, 4) is 0 Å². The van der Waals surface area contributed by atoms with Gasteiger partial charge in [-0.2, -0.15) is 0 Å². The van der Waals surface area contributed by atoms with Gasteiger partial charge < -0.3 is 9.47 Å². The number of alkyl halides is 1. The number of ether oxygens (including phenoxy) is 2. The number of rotatable bonds is 5. The summed E-state index contributed by atoms with van der Waals surface area (Å²) in [5.74, 6) is -0.0536. The van der Waals surface area contributed by atoms with Crippen LogP contribution in [0.25, 0.3) is 0 Å². The summed E-state index contributed by atoms with van der Waals surface area (Å²) in [6.45, 7) is 3.99. The minimum Gasteiger partial charge on any atom is -0.439 e. The van der Waals surface area contributed by atoms with Gasteiger partial charge in [0.15, 0.2) is 11.9 Å². The molecule has 146 valence electrons. The molecule has 1 aliphatic heterocycles. The Morgan fingerprint density at radius 3 is 2.18 bits per heavy atom. The van der Waals surface area contributed by atoms with E-state index in [2.05, 4.69) is 15.9 Å². The first-order chi connectivity index (χ1) is 13.5. The predicted octanol–water partition coefficient (Wildman–Crippen LogP) is 4.43. The van der Waals surface area contributed by atoms with Crippen LogP contribution in [0.4, 0.5) is 4.79 Å². The van der Waals surface area contributed by atoms with Gasteiger partial charge >= 0.3 is 6.09 Å². The number of amides is 1. The number of cyclic esters (lactones) is 1. The summed E-state index contributed by atoms with van der Waals surface area (Å²) in [4.78, 5) is 26.8. The summed E-state index contributed by atoms with van der Waals surface area (Å²) < 4.78 is 11.7. The number of hydrogen-bond acceptors (Lipinski definition) is 4. The third-order valence-corrected chi connectivity index (χ3v) is 6.54. The molecule has 1 amide bonds. The Kier molecular flexibility index (Phi) is 5.02. The Balaban J connectivity index is 1.79. The van der Waals surface area contributed by atoms with Gasteiger partial charge in [0.1, 0.15) is 16.5 Å². The second kappa shape index (κ2) is 7.33. The standard InChI is InChI=1S/C22H22BrNO4/c1-3-27-22(2)19(16(23)20(22)25)24-17(14-10-6-4-7-11-14)18(28-21(24)26)15-12-8-5-9-13-15/h4-13,16-19H,3H2,1-2H3/t16-,17+,18-,19+,22-/m0/s1. The van der Waals surface area contributed by atoms with E-state index in [1.54, 1.807) is 11.8 Å². The first kappa shape index (κ1) is 19.2. The highest BCUT2D eigenvalue weighted by molar-refractivity contribution is 9.10. The summed E-state index contributed by atoms with van der Waals surface area (Å²) in [7, 11) is 0. The fraction of sp³-hybridized carbons (Fsp3) is 0.364. The number of benzene rings is 2. The van der Waals surface area contributed by atoms with Crippen molar-refractivity contribution in [1.29, 1.82) is 0 Å². The van der Waals surface area contributed by atoms with Gasteiger partial charge in [0.2, 0.25) is 0 Å². The van der Waals surface area contributed by atoms with Gasteiger partial charge in [0, 0.05) is 6.61 Å². The molecule has 2 aliphatic rings. The summed E-state index contributed by atoms with van der Waals surface area (Å²) in [5, 5.41) is 0. The van der Waals surface area contributed by atoms with E-state index in [4.69, 9.17) is 9.47 Å². The lowest BCUT2D eigenvalue weighted by Gasteiger charge is -2.52. The fourth-order valence-corrected chi connectivity index (χ4v) is 5.48. The van der Waals surface area contributed by atoms with Crippen LogP contribution in [-0.4, -0.2) is 39.9 Å². The van der Waals surface area contributed by atoms with Crippen LogP contribution in [0.1, 0.15) is 37.1 Å². The molecule has 0 aromatic heterocycles. The van der Waals surface area contributed by atoms with Gasteiger partial charge in [-0.15, -0.1) is 0 Å². The van der Waals surface area contributed by atoms with Crippen molar-refractivity contribution < 1.29 is 19.1 Å². The lowest BCUT2D eigenvalue weighted by atomic mass is 9.72. The molecule has 2 aromatic rings. The van der Waals surface area contributed by atoms with Crippen LogP contribution in [-0.2, 0) is 14.3 Å². The molecule has 28 heavy (non-hydrogen) atoms. The average Bonchev–Trinajstić information content (AvgIpc) is 3.06. The molecule has 0 radical (unpaired) electrons. The Hall–Kier alpha value is -2.18. The zero-order valence-corrected chi connectivity index (χ0v) is 17.3. The Labute approximate surface area is 172 Å². The van der Waals surface area contributed by atoms with Crippen molar-refractivity contribution in [2.45, 2.75) is 42.5 Å². The van der Waals surface area contributed by atoms with E-state index in [0.717, 1.165) is 11.1 Å². The monoisotopic (exact) mass is 443 g/mol. The maximum atomic E-state index is 13.0. The molecule has 4 rings (SSSR count). The van der Waals surface area contributed by atoms with Crippen LogP contribution in [0.15, 0.2) is 60.7 Å². The van der Waals surface area contributed by atoms with Gasteiger partial charge in [-0.1, -0.05) is 76.6 Å². The average molecular weight is 444 g/mol. The van der Waals surface area contributed by atoms with Crippen LogP contribution in [0.3, 0.4) is 0 Å². The van der Waals surface area contributed by atoms with Gasteiger partial charge in [0.25, 0.3) is 0 Å². The van der Waals surface area contributed by atoms with Crippen molar-refractivity contribution in [3.05, 3.63) is 71.8 Å². The van der Waals surface area contributed by atoms with Crippen LogP contribution in [0, 0.1) is 0 Å². The minimum atomic E-state index is -1.06. The molecule has 5 nitrogen and oxygen atoms in total. The molecule has 2 fully saturated rings. The van der Waals surface area contributed by atoms with Crippen molar-refractivity contribution in [1.82, 2.24) is 4.90 Å². The molecule has 0 unspecified atom stereocenters. The van der Waals surface area contributed by atoms with E-state index in [0.29, 0.717) is 6.61 Å². The topological polar surface area (TPSA) is 55.8 Å². The van der Waals surface area contributed by atoms with Gasteiger partial charge in [0.05, 0.1) is 6.04 Å². The Morgan fingerprint density at radius 2 is 1.61 bits per heavy atom. The van der Waals surface area contributed by atoms with E-state index in [-0.39, 0.29) is 11.8 Å². The number of ketones is 1. The van der Waals surface area contributed by atoms with Crippen molar-refractivity contribution in [2.75, 3.05) is 6.61 Å². The normalized spacial score (nSPS) is 32.2. The molecule has 0 spiro atoms. The van der Waals surface area contributed by atoms with Gasteiger partial charge in [-0.05, 0) is 25.0 Å². The van der Waals surface area contributed by atoms with Gasteiger partial charge in [-0.25, -0.2) is 4.79 Å². The molecular weight excluding hydrogens is 422 g/mol. The van der Waals surface area contributed by atoms with Crippen LogP contribution < -0.4 is 0 Å². The molecule has 1 saturated carbocycles. The summed E-state index contributed by atoms with van der Waals surface area (Å²) >= 11 is 3.47. The molecule has 6 heteroatoms. The lowest BCUT2D eigenvalue weighted by Crippen LogP contribution is -2.74. The molecule has 0 N–H and O–H groups in total. The number of nitrogens with zero attached hydrogens (tertiary/aromatic N) is 1. The number of hydrogen-bond donors (Lipinski definition) is 0. The zero-order chi connectivity index (χ0) is 19.9. The molecule has 1 saturated heterocycles. The fourth-order valence-electron chi connectivity index (χ4n) is 4.27. The molecular formula is C22H22BrNO4. The second-order valence-electron chi connectivity index (χ2n) is 7.23. The summed E-state index contributed by atoms with van der Waals surface area (Å²) in [5.41, 5.74) is 0.822. The maximum absolute atomic E-state index is 13.0. The van der Waals surface area contributed by atoms with E-state index >= 15 is 0 Å².